The van der Waals surface area contributed by atoms with Gasteiger partial charge < -0.3 is 16.2 Å². The molecule has 1 heterocycles. The largest absolute Gasteiger partial charge is 0.397 e. The van der Waals surface area contributed by atoms with Crippen LogP contribution in [0.4, 0.5) is 11.4 Å². The van der Waals surface area contributed by atoms with Gasteiger partial charge in [-0.25, -0.2) is 0 Å². The van der Waals surface area contributed by atoms with Crippen LogP contribution in [0.1, 0.15) is 20.3 Å². The summed E-state index contributed by atoms with van der Waals surface area (Å²) in [5.41, 5.74) is 7.11. The van der Waals surface area contributed by atoms with Crippen LogP contribution < -0.4 is 11.1 Å². The zero-order valence-corrected chi connectivity index (χ0v) is 8.57. The van der Waals surface area contributed by atoms with Crippen molar-refractivity contribution in [2.45, 2.75) is 32.4 Å². The van der Waals surface area contributed by atoms with Crippen LogP contribution in [0.15, 0.2) is 18.5 Å². The van der Waals surface area contributed by atoms with Gasteiger partial charge in [-0.2, -0.15) is 0 Å². The van der Waals surface area contributed by atoms with Gasteiger partial charge in [-0.1, -0.05) is 0 Å². The number of aliphatic hydroxyl groups is 1. The first kappa shape index (κ1) is 10.8. The summed E-state index contributed by atoms with van der Waals surface area (Å²) in [6.07, 6.45) is 3.72. The van der Waals surface area contributed by atoms with Gasteiger partial charge in [-0.3, -0.25) is 4.98 Å². The topological polar surface area (TPSA) is 71.2 Å². The SMILES string of the molecule is CC(O)CC(C)Nc1cncc(N)c1. The molecule has 2 unspecified atom stereocenters. The normalized spacial score (nSPS) is 14.8. The van der Waals surface area contributed by atoms with Crippen molar-refractivity contribution >= 4 is 11.4 Å². The first-order valence-corrected chi connectivity index (χ1v) is 4.73. The number of hydrogen-bond donors (Lipinski definition) is 3. The van der Waals surface area contributed by atoms with Gasteiger partial charge in [0.2, 0.25) is 0 Å². The van der Waals surface area contributed by atoms with E-state index in [0.29, 0.717) is 12.1 Å². The number of anilines is 2. The summed E-state index contributed by atoms with van der Waals surface area (Å²) in [6, 6.07) is 2.03. The Bertz CT molecular complexity index is 288. The van der Waals surface area contributed by atoms with E-state index in [4.69, 9.17) is 5.73 Å². The van der Waals surface area contributed by atoms with Gasteiger partial charge >= 0.3 is 0 Å². The zero-order chi connectivity index (χ0) is 10.6. The lowest BCUT2D eigenvalue weighted by Gasteiger charge is -2.16. The Morgan fingerprint density at radius 3 is 2.79 bits per heavy atom. The first-order valence-electron chi connectivity index (χ1n) is 4.73. The molecule has 2 atom stereocenters. The highest BCUT2D eigenvalue weighted by Crippen LogP contribution is 2.12. The minimum absolute atomic E-state index is 0.207. The van der Waals surface area contributed by atoms with Crippen molar-refractivity contribution < 1.29 is 5.11 Å². The predicted octanol–water partition coefficient (Wildman–Crippen LogP) is 1.24. The third kappa shape index (κ3) is 3.62. The van der Waals surface area contributed by atoms with E-state index >= 15 is 0 Å². The summed E-state index contributed by atoms with van der Waals surface area (Å²) in [4.78, 5) is 3.97. The standard InChI is InChI=1S/C10H17N3O/c1-7(3-8(2)14)13-10-4-9(11)5-12-6-10/h4-8,13-14H,3,11H2,1-2H3. The summed E-state index contributed by atoms with van der Waals surface area (Å²) in [5, 5.41) is 12.4. The number of nitrogens with zero attached hydrogens (tertiary/aromatic N) is 1. The third-order valence-electron chi connectivity index (χ3n) is 1.87. The van der Waals surface area contributed by atoms with Crippen LogP contribution in [-0.4, -0.2) is 22.2 Å². The quantitative estimate of drug-likeness (QED) is 0.676. The molecule has 78 valence electrons. The molecule has 4 N–H and O–H groups in total. The van der Waals surface area contributed by atoms with Crippen molar-refractivity contribution in [3.05, 3.63) is 18.5 Å². The molecule has 0 aromatic carbocycles. The molecule has 0 spiro atoms. The average Bonchev–Trinajstić information content (AvgIpc) is 2.01. The summed E-state index contributed by atoms with van der Waals surface area (Å²) in [7, 11) is 0. The van der Waals surface area contributed by atoms with Crippen LogP contribution in [0.3, 0.4) is 0 Å². The number of hydrogen-bond acceptors (Lipinski definition) is 4. The van der Waals surface area contributed by atoms with E-state index in [0.717, 1.165) is 5.69 Å². The Hall–Kier alpha value is -1.29. The Morgan fingerprint density at radius 1 is 1.50 bits per heavy atom. The smallest absolute Gasteiger partial charge is 0.0549 e. The van der Waals surface area contributed by atoms with Gasteiger partial charge in [0.15, 0.2) is 0 Å². The van der Waals surface area contributed by atoms with Gasteiger partial charge in [-0.05, 0) is 26.3 Å². The van der Waals surface area contributed by atoms with E-state index in [1.54, 1.807) is 19.3 Å². The molecule has 0 amide bonds. The molecule has 4 heteroatoms. The Kier molecular flexibility index (Phi) is 3.71. The minimum atomic E-state index is -0.300. The highest BCUT2D eigenvalue weighted by Gasteiger charge is 2.05. The van der Waals surface area contributed by atoms with E-state index in [-0.39, 0.29) is 12.1 Å². The maximum absolute atomic E-state index is 9.18. The molecule has 1 aromatic rings. The summed E-state index contributed by atoms with van der Waals surface area (Å²) in [5.74, 6) is 0. The molecule has 1 rings (SSSR count). The summed E-state index contributed by atoms with van der Waals surface area (Å²) >= 11 is 0. The van der Waals surface area contributed by atoms with Gasteiger partial charge in [0.25, 0.3) is 0 Å². The molecule has 0 bridgehead atoms. The second-order valence-electron chi connectivity index (χ2n) is 3.64. The first-order chi connectivity index (χ1) is 6.58. The number of nitrogens with one attached hydrogen (secondary N) is 1. The molecule has 0 aliphatic rings. The second kappa shape index (κ2) is 4.81. The molecular weight excluding hydrogens is 178 g/mol. The molecule has 4 nitrogen and oxygen atoms in total. The molecule has 0 aliphatic heterocycles. The summed E-state index contributed by atoms with van der Waals surface area (Å²) < 4.78 is 0. The number of nitrogen functional groups attached to an aromatic ring is 1. The van der Waals surface area contributed by atoms with Crippen molar-refractivity contribution in [3.63, 3.8) is 0 Å². The lowest BCUT2D eigenvalue weighted by molar-refractivity contribution is 0.179. The molecule has 0 radical (unpaired) electrons. The molecule has 0 fully saturated rings. The van der Waals surface area contributed by atoms with Gasteiger partial charge in [-0.15, -0.1) is 0 Å². The lowest BCUT2D eigenvalue weighted by atomic mass is 10.1. The van der Waals surface area contributed by atoms with Crippen LogP contribution in [0.2, 0.25) is 0 Å². The fourth-order valence-corrected chi connectivity index (χ4v) is 1.39. The van der Waals surface area contributed by atoms with Crippen molar-refractivity contribution in [1.82, 2.24) is 4.98 Å². The van der Waals surface area contributed by atoms with E-state index in [1.807, 2.05) is 13.0 Å². The van der Waals surface area contributed by atoms with Gasteiger partial charge in [0.1, 0.15) is 0 Å². The van der Waals surface area contributed by atoms with Gasteiger partial charge in [0, 0.05) is 12.2 Å². The molecular formula is C10H17N3O. The number of aliphatic hydroxyl groups excluding tert-OH is 1. The Labute approximate surface area is 84.2 Å². The molecule has 0 aliphatic carbocycles. The van der Waals surface area contributed by atoms with Crippen molar-refractivity contribution in [2.24, 2.45) is 0 Å². The predicted molar refractivity (Wildman–Crippen MR) is 58.0 cm³/mol. The van der Waals surface area contributed by atoms with Crippen LogP contribution in [0.25, 0.3) is 0 Å². The third-order valence-corrected chi connectivity index (χ3v) is 1.87. The van der Waals surface area contributed by atoms with Crippen molar-refractivity contribution in [1.29, 1.82) is 0 Å². The highest BCUT2D eigenvalue weighted by molar-refractivity contribution is 5.51. The van der Waals surface area contributed by atoms with E-state index in [2.05, 4.69) is 10.3 Å². The van der Waals surface area contributed by atoms with Crippen LogP contribution in [0.5, 0.6) is 0 Å². The second-order valence-corrected chi connectivity index (χ2v) is 3.64. The average molecular weight is 195 g/mol. The lowest BCUT2D eigenvalue weighted by Crippen LogP contribution is -2.20. The minimum Gasteiger partial charge on any atom is -0.397 e. The maximum Gasteiger partial charge on any atom is 0.0549 e. The number of rotatable bonds is 4. The van der Waals surface area contributed by atoms with E-state index < -0.39 is 0 Å². The highest BCUT2D eigenvalue weighted by atomic mass is 16.3. The van der Waals surface area contributed by atoms with E-state index in [1.165, 1.54) is 0 Å². The molecule has 14 heavy (non-hydrogen) atoms. The molecule has 0 saturated heterocycles. The number of pyridine rings is 1. The van der Waals surface area contributed by atoms with Gasteiger partial charge in [0.05, 0.1) is 23.7 Å². The fourth-order valence-electron chi connectivity index (χ4n) is 1.39. The van der Waals surface area contributed by atoms with E-state index in [9.17, 15) is 5.11 Å². The van der Waals surface area contributed by atoms with Crippen molar-refractivity contribution in [3.8, 4) is 0 Å². The molecule has 1 aromatic heterocycles. The fraction of sp³-hybridized carbons (Fsp3) is 0.500. The maximum atomic E-state index is 9.18. The molecule has 0 saturated carbocycles. The van der Waals surface area contributed by atoms with Crippen LogP contribution in [0, 0.1) is 0 Å². The zero-order valence-electron chi connectivity index (χ0n) is 8.57. The van der Waals surface area contributed by atoms with Crippen LogP contribution in [-0.2, 0) is 0 Å². The Morgan fingerprint density at radius 2 is 2.21 bits per heavy atom. The monoisotopic (exact) mass is 195 g/mol. The Balaban J connectivity index is 2.51. The summed E-state index contributed by atoms with van der Waals surface area (Å²) in [6.45, 7) is 3.78. The van der Waals surface area contributed by atoms with Crippen LogP contribution >= 0.6 is 0 Å². The number of nitrogens with two attached hydrogens (primary N) is 1. The van der Waals surface area contributed by atoms with Crippen molar-refractivity contribution in [2.75, 3.05) is 11.1 Å². The number of aromatic nitrogens is 1.